The number of rotatable bonds is 4. The van der Waals surface area contributed by atoms with E-state index in [9.17, 15) is 4.79 Å². The number of ether oxygens (including phenoxy) is 1. The molecule has 118 valence electrons. The Morgan fingerprint density at radius 2 is 1.83 bits per heavy atom. The second-order valence-corrected chi connectivity index (χ2v) is 5.70. The Balaban J connectivity index is 1.92. The highest BCUT2D eigenvalue weighted by molar-refractivity contribution is 5.80. The number of para-hydroxylation sites is 2. The van der Waals surface area contributed by atoms with Gasteiger partial charge in [0.25, 0.3) is 5.56 Å². The summed E-state index contributed by atoms with van der Waals surface area (Å²) in [6.07, 6.45) is 0. The Labute approximate surface area is 135 Å². The quantitative estimate of drug-likeness (QED) is 0.771. The summed E-state index contributed by atoms with van der Waals surface area (Å²) in [7, 11) is 1.63. The average Bonchev–Trinajstić information content (AvgIpc) is 2.55. The van der Waals surface area contributed by atoms with Crippen molar-refractivity contribution >= 4 is 16.6 Å². The minimum absolute atomic E-state index is 0.0665. The summed E-state index contributed by atoms with van der Waals surface area (Å²) in [6, 6.07) is 13.7. The van der Waals surface area contributed by atoms with Crippen molar-refractivity contribution in [3.05, 3.63) is 69.5 Å². The molecule has 3 aromatic rings. The number of aryl methyl sites for hydroxylation is 2. The van der Waals surface area contributed by atoms with Crippen LogP contribution in [0.25, 0.3) is 10.9 Å². The number of hydrogen-bond acceptors (Lipinski definition) is 3. The van der Waals surface area contributed by atoms with Crippen molar-refractivity contribution < 1.29 is 4.74 Å². The Morgan fingerprint density at radius 1 is 1.09 bits per heavy atom. The summed E-state index contributed by atoms with van der Waals surface area (Å²) in [5.41, 5.74) is 4.77. The van der Waals surface area contributed by atoms with Crippen molar-refractivity contribution in [1.82, 2.24) is 4.98 Å². The van der Waals surface area contributed by atoms with E-state index in [2.05, 4.69) is 23.3 Å². The number of aromatic amines is 1. The molecule has 0 aliphatic heterocycles. The van der Waals surface area contributed by atoms with E-state index in [1.54, 1.807) is 7.11 Å². The van der Waals surface area contributed by atoms with Crippen LogP contribution in [-0.2, 0) is 6.54 Å². The lowest BCUT2D eigenvalue weighted by Crippen LogP contribution is -2.16. The molecule has 0 aliphatic rings. The summed E-state index contributed by atoms with van der Waals surface area (Å²) in [5.74, 6) is 0.760. The van der Waals surface area contributed by atoms with E-state index in [1.807, 2.05) is 43.3 Å². The van der Waals surface area contributed by atoms with Gasteiger partial charge in [-0.05, 0) is 60.7 Å². The maximum atomic E-state index is 12.3. The number of anilines is 1. The molecule has 0 radical (unpaired) electrons. The van der Waals surface area contributed by atoms with Crippen LogP contribution in [0.1, 0.15) is 16.7 Å². The fourth-order valence-electron chi connectivity index (χ4n) is 2.63. The number of hydrogen-bond donors (Lipinski definition) is 2. The molecular weight excluding hydrogens is 288 g/mol. The molecule has 2 aromatic carbocycles. The topological polar surface area (TPSA) is 54.1 Å². The van der Waals surface area contributed by atoms with Gasteiger partial charge in [-0.25, -0.2) is 0 Å². The van der Waals surface area contributed by atoms with Crippen LogP contribution in [0, 0.1) is 13.8 Å². The zero-order valence-electron chi connectivity index (χ0n) is 13.6. The van der Waals surface area contributed by atoms with E-state index in [4.69, 9.17) is 4.74 Å². The number of nitrogens with one attached hydrogen (secondary N) is 2. The van der Waals surface area contributed by atoms with Gasteiger partial charge in [0.2, 0.25) is 0 Å². The van der Waals surface area contributed by atoms with E-state index < -0.39 is 0 Å². The predicted molar refractivity (Wildman–Crippen MR) is 94.4 cm³/mol. The zero-order valence-corrected chi connectivity index (χ0v) is 13.6. The SMILES string of the molecule is COc1ccccc1NCc1cc2cc(C)c(C)cc2[nH]c1=O. The van der Waals surface area contributed by atoms with Crippen LogP contribution in [0.15, 0.2) is 47.3 Å². The van der Waals surface area contributed by atoms with Gasteiger partial charge in [-0.1, -0.05) is 12.1 Å². The van der Waals surface area contributed by atoms with Crippen molar-refractivity contribution in [2.24, 2.45) is 0 Å². The maximum absolute atomic E-state index is 12.3. The van der Waals surface area contributed by atoms with Gasteiger partial charge in [0.15, 0.2) is 0 Å². The fourth-order valence-corrected chi connectivity index (χ4v) is 2.63. The average molecular weight is 308 g/mol. The first-order valence-corrected chi connectivity index (χ1v) is 7.58. The van der Waals surface area contributed by atoms with Crippen molar-refractivity contribution in [3.8, 4) is 5.75 Å². The molecule has 0 saturated carbocycles. The largest absolute Gasteiger partial charge is 0.495 e. The lowest BCUT2D eigenvalue weighted by Gasteiger charge is -2.11. The Morgan fingerprint density at radius 3 is 2.61 bits per heavy atom. The molecule has 2 N–H and O–H groups in total. The van der Waals surface area contributed by atoms with Gasteiger partial charge >= 0.3 is 0 Å². The molecule has 3 rings (SSSR count). The number of H-pyrrole nitrogens is 1. The highest BCUT2D eigenvalue weighted by Gasteiger charge is 2.06. The molecule has 0 unspecified atom stereocenters. The molecule has 0 bridgehead atoms. The van der Waals surface area contributed by atoms with Gasteiger partial charge in [0.1, 0.15) is 5.75 Å². The molecule has 1 aromatic heterocycles. The third-order valence-corrected chi connectivity index (χ3v) is 4.11. The van der Waals surface area contributed by atoms with Gasteiger partial charge in [0.05, 0.1) is 12.8 Å². The zero-order chi connectivity index (χ0) is 16.4. The molecule has 0 spiro atoms. The Hall–Kier alpha value is -2.75. The first kappa shape index (κ1) is 15.2. The number of fused-ring (bicyclic) bond motifs is 1. The van der Waals surface area contributed by atoms with Gasteiger partial charge in [-0.2, -0.15) is 0 Å². The van der Waals surface area contributed by atoms with Crippen LogP contribution in [0.4, 0.5) is 5.69 Å². The highest BCUT2D eigenvalue weighted by Crippen LogP contribution is 2.24. The monoisotopic (exact) mass is 308 g/mol. The molecule has 0 atom stereocenters. The smallest absolute Gasteiger partial charge is 0.253 e. The van der Waals surface area contributed by atoms with Crippen molar-refractivity contribution in [2.75, 3.05) is 12.4 Å². The molecule has 0 saturated heterocycles. The standard InChI is InChI=1S/C19H20N2O2/c1-12-8-14-10-15(19(22)21-17(14)9-13(12)2)11-20-16-6-4-5-7-18(16)23-3/h4-10,20H,11H2,1-3H3,(H,21,22). The molecule has 0 fully saturated rings. The van der Waals surface area contributed by atoms with E-state index in [0.29, 0.717) is 12.1 Å². The molecule has 0 amide bonds. The van der Waals surface area contributed by atoms with Crippen LogP contribution >= 0.6 is 0 Å². The lowest BCUT2D eigenvalue weighted by atomic mass is 10.0. The summed E-state index contributed by atoms with van der Waals surface area (Å²) in [6.45, 7) is 4.56. The van der Waals surface area contributed by atoms with Crippen LogP contribution in [0.5, 0.6) is 5.75 Å². The van der Waals surface area contributed by atoms with E-state index in [0.717, 1.165) is 22.3 Å². The van der Waals surface area contributed by atoms with E-state index >= 15 is 0 Å². The number of methoxy groups -OCH3 is 1. The minimum atomic E-state index is -0.0665. The molecule has 0 aliphatic carbocycles. The normalized spacial score (nSPS) is 10.7. The predicted octanol–water partition coefficient (Wildman–Crippen LogP) is 3.77. The van der Waals surface area contributed by atoms with Gasteiger partial charge in [-0.15, -0.1) is 0 Å². The van der Waals surface area contributed by atoms with Gasteiger partial charge in [-0.3, -0.25) is 4.79 Å². The third-order valence-electron chi connectivity index (χ3n) is 4.11. The van der Waals surface area contributed by atoms with Crippen molar-refractivity contribution in [1.29, 1.82) is 0 Å². The summed E-state index contributed by atoms with van der Waals surface area (Å²) >= 11 is 0. The van der Waals surface area contributed by atoms with Crippen LogP contribution in [-0.4, -0.2) is 12.1 Å². The van der Waals surface area contributed by atoms with Crippen LogP contribution in [0.3, 0.4) is 0 Å². The third kappa shape index (κ3) is 3.06. The van der Waals surface area contributed by atoms with Crippen molar-refractivity contribution in [3.63, 3.8) is 0 Å². The van der Waals surface area contributed by atoms with E-state index in [-0.39, 0.29) is 5.56 Å². The van der Waals surface area contributed by atoms with E-state index in [1.165, 1.54) is 11.1 Å². The molecule has 4 nitrogen and oxygen atoms in total. The fraction of sp³-hybridized carbons (Fsp3) is 0.211. The molecular formula is C19H20N2O2. The maximum Gasteiger partial charge on any atom is 0.253 e. The number of pyridine rings is 1. The number of aromatic nitrogens is 1. The second-order valence-electron chi connectivity index (χ2n) is 5.70. The number of benzene rings is 2. The molecule has 23 heavy (non-hydrogen) atoms. The summed E-state index contributed by atoms with van der Waals surface area (Å²) in [4.78, 5) is 15.2. The van der Waals surface area contributed by atoms with Gasteiger partial charge in [0, 0.05) is 17.6 Å². The Kier molecular flexibility index (Phi) is 4.06. The van der Waals surface area contributed by atoms with Crippen LogP contribution in [0.2, 0.25) is 0 Å². The Bertz CT molecular complexity index is 913. The molecule has 1 heterocycles. The minimum Gasteiger partial charge on any atom is -0.495 e. The molecule has 4 heteroatoms. The van der Waals surface area contributed by atoms with Crippen molar-refractivity contribution in [2.45, 2.75) is 20.4 Å². The van der Waals surface area contributed by atoms with Gasteiger partial charge < -0.3 is 15.0 Å². The second kappa shape index (κ2) is 6.16. The first-order valence-electron chi connectivity index (χ1n) is 7.58. The lowest BCUT2D eigenvalue weighted by molar-refractivity contribution is 0.416. The first-order chi connectivity index (χ1) is 11.1. The summed E-state index contributed by atoms with van der Waals surface area (Å²) in [5, 5.41) is 4.31. The van der Waals surface area contributed by atoms with Crippen LogP contribution < -0.4 is 15.6 Å². The highest BCUT2D eigenvalue weighted by atomic mass is 16.5. The summed E-state index contributed by atoms with van der Waals surface area (Å²) < 4.78 is 5.31.